The summed E-state index contributed by atoms with van der Waals surface area (Å²) in [6.07, 6.45) is 1.88. The number of para-hydroxylation sites is 1. The Kier molecular flexibility index (Phi) is 3.75. The quantitative estimate of drug-likeness (QED) is 0.876. The molecule has 0 aliphatic rings. The largest absolute Gasteiger partial charge is 0.480 e. The Morgan fingerprint density at radius 1 is 1.32 bits per heavy atom. The molecule has 0 aliphatic heterocycles. The fourth-order valence-electron chi connectivity index (χ4n) is 1.87. The number of benzene rings is 1. The molecule has 19 heavy (non-hydrogen) atoms. The van der Waals surface area contributed by atoms with Gasteiger partial charge in [-0.3, -0.25) is 9.78 Å². The van der Waals surface area contributed by atoms with Crippen molar-refractivity contribution in [1.82, 2.24) is 10.3 Å². The molecule has 2 rings (SSSR count). The Hall–Kier alpha value is -2.43. The van der Waals surface area contributed by atoms with Crippen molar-refractivity contribution < 1.29 is 14.7 Å². The van der Waals surface area contributed by atoms with Crippen molar-refractivity contribution in [2.24, 2.45) is 0 Å². The molecule has 5 nitrogen and oxygen atoms in total. The molecule has 0 unspecified atom stereocenters. The minimum absolute atomic E-state index is 0.337. The van der Waals surface area contributed by atoms with Crippen LogP contribution in [0.4, 0.5) is 0 Å². The minimum Gasteiger partial charge on any atom is -0.480 e. The van der Waals surface area contributed by atoms with Crippen LogP contribution in [-0.4, -0.2) is 28.0 Å². The zero-order chi connectivity index (χ0) is 13.8. The number of carboxylic acids is 1. The zero-order valence-electron chi connectivity index (χ0n) is 10.5. The third-order valence-electron chi connectivity index (χ3n) is 2.91. The van der Waals surface area contributed by atoms with Gasteiger partial charge in [0.15, 0.2) is 0 Å². The SMILES string of the molecule is CC[C@@H](NC(=O)c1ccnc2ccccc12)C(=O)O. The standard InChI is InChI=1S/C14H14N2O3/c1-2-11(14(18)19)16-13(17)10-7-8-15-12-6-4-3-5-9(10)12/h3-8,11H,2H2,1H3,(H,16,17)(H,18,19)/t11-/m1/s1. The molecule has 2 aromatic rings. The van der Waals surface area contributed by atoms with Crippen LogP contribution in [0.3, 0.4) is 0 Å². The van der Waals surface area contributed by atoms with Crippen molar-refractivity contribution >= 4 is 22.8 Å². The van der Waals surface area contributed by atoms with Crippen LogP contribution in [0.2, 0.25) is 0 Å². The maximum absolute atomic E-state index is 12.1. The highest BCUT2D eigenvalue weighted by Crippen LogP contribution is 2.16. The molecule has 0 saturated heterocycles. The van der Waals surface area contributed by atoms with Gasteiger partial charge in [-0.25, -0.2) is 4.79 Å². The number of nitrogens with one attached hydrogen (secondary N) is 1. The van der Waals surface area contributed by atoms with Crippen molar-refractivity contribution in [3.63, 3.8) is 0 Å². The lowest BCUT2D eigenvalue weighted by atomic mass is 10.1. The first kappa shape index (κ1) is 13.0. The van der Waals surface area contributed by atoms with Gasteiger partial charge in [0.2, 0.25) is 0 Å². The smallest absolute Gasteiger partial charge is 0.326 e. The summed E-state index contributed by atoms with van der Waals surface area (Å²) >= 11 is 0. The van der Waals surface area contributed by atoms with Gasteiger partial charge in [0.25, 0.3) is 5.91 Å². The number of pyridine rings is 1. The summed E-state index contributed by atoms with van der Waals surface area (Å²) in [6, 6.07) is 7.96. The number of amides is 1. The Labute approximate surface area is 110 Å². The van der Waals surface area contributed by atoms with Gasteiger partial charge in [0.1, 0.15) is 6.04 Å². The lowest BCUT2D eigenvalue weighted by Gasteiger charge is -2.13. The van der Waals surface area contributed by atoms with Gasteiger partial charge in [0.05, 0.1) is 11.1 Å². The normalized spacial score (nSPS) is 12.1. The summed E-state index contributed by atoms with van der Waals surface area (Å²) in [5, 5.41) is 12.2. The summed E-state index contributed by atoms with van der Waals surface area (Å²) in [4.78, 5) is 27.2. The number of aromatic nitrogens is 1. The average molecular weight is 258 g/mol. The van der Waals surface area contributed by atoms with Crippen molar-refractivity contribution in [2.45, 2.75) is 19.4 Å². The maximum Gasteiger partial charge on any atom is 0.326 e. The predicted molar refractivity (Wildman–Crippen MR) is 70.9 cm³/mol. The molecular weight excluding hydrogens is 244 g/mol. The van der Waals surface area contributed by atoms with Crippen LogP contribution in [0.5, 0.6) is 0 Å². The van der Waals surface area contributed by atoms with Gasteiger partial charge < -0.3 is 10.4 Å². The molecule has 0 fully saturated rings. The molecule has 1 amide bonds. The molecule has 1 heterocycles. The molecule has 0 spiro atoms. The molecular formula is C14H14N2O3. The molecule has 0 aliphatic carbocycles. The Morgan fingerprint density at radius 3 is 2.74 bits per heavy atom. The monoisotopic (exact) mass is 258 g/mol. The molecule has 0 radical (unpaired) electrons. The number of nitrogens with zero attached hydrogens (tertiary/aromatic N) is 1. The average Bonchev–Trinajstić information content (AvgIpc) is 2.43. The van der Waals surface area contributed by atoms with Gasteiger partial charge >= 0.3 is 5.97 Å². The molecule has 1 atom stereocenters. The summed E-state index contributed by atoms with van der Waals surface area (Å²) in [5.74, 6) is -1.43. The van der Waals surface area contributed by atoms with Gasteiger partial charge in [-0.15, -0.1) is 0 Å². The number of hydrogen-bond acceptors (Lipinski definition) is 3. The molecule has 1 aromatic heterocycles. The Bertz CT molecular complexity index is 620. The van der Waals surface area contributed by atoms with E-state index in [-0.39, 0.29) is 0 Å². The number of fused-ring (bicyclic) bond motifs is 1. The van der Waals surface area contributed by atoms with E-state index in [9.17, 15) is 9.59 Å². The van der Waals surface area contributed by atoms with E-state index in [2.05, 4.69) is 10.3 Å². The second-order valence-electron chi connectivity index (χ2n) is 4.15. The van der Waals surface area contributed by atoms with E-state index in [1.54, 1.807) is 31.3 Å². The first-order valence-electron chi connectivity index (χ1n) is 6.01. The van der Waals surface area contributed by atoms with E-state index < -0.39 is 17.9 Å². The van der Waals surface area contributed by atoms with Crippen molar-refractivity contribution in [1.29, 1.82) is 0 Å². The minimum atomic E-state index is -1.03. The molecule has 98 valence electrons. The zero-order valence-corrected chi connectivity index (χ0v) is 10.5. The number of carboxylic acid groups (broad SMARTS) is 1. The van der Waals surface area contributed by atoms with E-state index in [0.717, 1.165) is 0 Å². The maximum atomic E-state index is 12.1. The lowest BCUT2D eigenvalue weighted by molar-refractivity contribution is -0.139. The third kappa shape index (κ3) is 2.70. The summed E-state index contributed by atoms with van der Waals surface area (Å²) in [7, 11) is 0. The molecule has 1 aromatic carbocycles. The van der Waals surface area contributed by atoms with Gasteiger partial charge in [-0.1, -0.05) is 25.1 Å². The van der Waals surface area contributed by atoms with Crippen LogP contribution in [0.25, 0.3) is 10.9 Å². The van der Waals surface area contributed by atoms with E-state index in [1.807, 2.05) is 12.1 Å². The van der Waals surface area contributed by atoms with Crippen molar-refractivity contribution in [3.8, 4) is 0 Å². The predicted octanol–water partition coefficient (Wildman–Crippen LogP) is 1.83. The first-order chi connectivity index (χ1) is 9.13. The first-order valence-corrected chi connectivity index (χ1v) is 6.01. The van der Waals surface area contributed by atoms with Crippen molar-refractivity contribution in [3.05, 3.63) is 42.1 Å². The number of carbonyl (C=O) groups excluding carboxylic acids is 1. The summed E-state index contributed by atoms with van der Waals surface area (Å²) in [6.45, 7) is 1.71. The fourth-order valence-corrected chi connectivity index (χ4v) is 1.87. The fraction of sp³-hybridized carbons (Fsp3) is 0.214. The number of carbonyl (C=O) groups is 2. The van der Waals surface area contributed by atoms with Crippen LogP contribution in [0.1, 0.15) is 23.7 Å². The van der Waals surface area contributed by atoms with Gasteiger partial charge in [-0.05, 0) is 18.6 Å². The number of aliphatic carboxylic acids is 1. The van der Waals surface area contributed by atoms with E-state index in [0.29, 0.717) is 22.9 Å². The molecule has 2 N–H and O–H groups in total. The third-order valence-corrected chi connectivity index (χ3v) is 2.91. The lowest BCUT2D eigenvalue weighted by Crippen LogP contribution is -2.40. The second-order valence-corrected chi connectivity index (χ2v) is 4.15. The second kappa shape index (κ2) is 5.48. The summed E-state index contributed by atoms with van der Waals surface area (Å²) in [5.41, 5.74) is 1.14. The van der Waals surface area contributed by atoms with Gasteiger partial charge in [0, 0.05) is 11.6 Å². The van der Waals surface area contributed by atoms with Crippen LogP contribution < -0.4 is 5.32 Å². The van der Waals surface area contributed by atoms with Crippen LogP contribution >= 0.6 is 0 Å². The molecule has 5 heteroatoms. The molecule has 0 saturated carbocycles. The summed E-state index contributed by atoms with van der Waals surface area (Å²) < 4.78 is 0. The van der Waals surface area contributed by atoms with Crippen LogP contribution in [0, 0.1) is 0 Å². The van der Waals surface area contributed by atoms with Crippen molar-refractivity contribution in [2.75, 3.05) is 0 Å². The highest BCUT2D eigenvalue weighted by atomic mass is 16.4. The Morgan fingerprint density at radius 2 is 2.05 bits per heavy atom. The number of hydrogen-bond donors (Lipinski definition) is 2. The van der Waals surface area contributed by atoms with Gasteiger partial charge in [-0.2, -0.15) is 0 Å². The highest BCUT2D eigenvalue weighted by Gasteiger charge is 2.19. The highest BCUT2D eigenvalue weighted by molar-refractivity contribution is 6.06. The van der Waals surface area contributed by atoms with Crippen LogP contribution in [-0.2, 0) is 4.79 Å². The van der Waals surface area contributed by atoms with Crippen LogP contribution in [0.15, 0.2) is 36.5 Å². The van der Waals surface area contributed by atoms with E-state index in [4.69, 9.17) is 5.11 Å². The van der Waals surface area contributed by atoms with E-state index >= 15 is 0 Å². The molecule has 0 bridgehead atoms. The number of rotatable bonds is 4. The topological polar surface area (TPSA) is 79.3 Å². The Balaban J connectivity index is 2.34. The van der Waals surface area contributed by atoms with E-state index in [1.165, 1.54) is 0 Å².